The molecule has 0 spiro atoms. The van der Waals surface area contributed by atoms with Crippen LogP contribution in [0.3, 0.4) is 0 Å². The number of H-pyrrole nitrogens is 1. The van der Waals surface area contributed by atoms with Gasteiger partial charge in [0.15, 0.2) is 15.5 Å². The largest absolute Gasteiger partial charge is 0.352 e. The Kier molecular flexibility index (Phi) is 5.12. The second kappa shape index (κ2) is 7.90. The molecule has 1 amide bonds. The maximum atomic E-state index is 13.3. The number of carbonyl (C=O) groups excluding carboxylic acids is 1. The average molecular weight is 484 g/mol. The monoisotopic (exact) mass is 483 g/mol. The van der Waals surface area contributed by atoms with E-state index in [9.17, 15) is 17.6 Å². The SMILES string of the molecule is Cc1nc2c(Nc3ccc(-c4ccn(C)n4)cc3S(C)(=O)=O)cc(NC(=O)[C@H]3C[C@H]3F)nc2[nH]1. The van der Waals surface area contributed by atoms with Gasteiger partial charge in [-0.2, -0.15) is 5.10 Å². The van der Waals surface area contributed by atoms with Crippen molar-refractivity contribution in [2.75, 3.05) is 16.9 Å². The van der Waals surface area contributed by atoms with Crippen molar-refractivity contribution in [3.05, 3.63) is 42.4 Å². The number of hydrogen-bond donors (Lipinski definition) is 3. The lowest BCUT2D eigenvalue weighted by atomic mass is 10.1. The first-order valence-electron chi connectivity index (χ1n) is 10.5. The fourth-order valence-corrected chi connectivity index (χ4v) is 4.58. The number of imidazole rings is 1. The van der Waals surface area contributed by atoms with Crippen molar-refractivity contribution in [2.45, 2.75) is 24.4 Å². The molecule has 0 saturated heterocycles. The van der Waals surface area contributed by atoms with Crippen LogP contribution in [0.4, 0.5) is 21.6 Å². The van der Waals surface area contributed by atoms with Crippen LogP contribution >= 0.6 is 0 Å². The fraction of sp³-hybridized carbons (Fsp3) is 0.273. The minimum Gasteiger partial charge on any atom is -0.352 e. The molecule has 0 aliphatic heterocycles. The van der Waals surface area contributed by atoms with E-state index in [1.807, 2.05) is 0 Å². The van der Waals surface area contributed by atoms with Crippen LogP contribution in [0.1, 0.15) is 12.2 Å². The molecule has 5 rings (SSSR count). The van der Waals surface area contributed by atoms with Gasteiger partial charge in [0.05, 0.1) is 27.9 Å². The number of fused-ring (bicyclic) bond motifs is 1. The third kappa shape index (κ3) is 4.23. The standard InChI is InChI=1S/C22H22FN7O3S/c1-11-24-20-17(10-19(27-21(20)25-11)28-22(31)13-9-14(13)23)26-16-5-4-12(8-18(16)34(3,32)33)15-6-7-30(2)29-15/h4-8,10,13-14H,9H2,1-3H3,(H3,24,25,26,27,28,31)/t13-,14+/m0/s1. The highest BCUT2D eigenvalue weighted by Gasteiger charge is 2.43. The lowest BCUT2D eigenvalue weighted by molar-refractivity contribution is -0.117. The molecule has 3 aromatic heterocycles. The number of nitrogens with one attached hydrogen (secondary N) is 3. The van der Waals surface area contributed by atoms with Gasteiger partial charge in [-0.25, -0.2) is 22.8 Å². The van der Waals surface area contributed by atoms with Crippen LogP contribution in [0.25, 0.3) is 22.4 Å². The predicted octanol–water partition coefficient (Wildman–Crippen LogP) is 3.11. The number of halogens is 1. The van der Waals surface area contributed by atoms with E-state index in [1.54, 1.807) is 55.2 Å². The molecule has 1 aliphatic rings. The zero-order valence-corrected chi connectivity index (χ0v) is 19.4. The minimum atomic E-state index is -3.62. The maximum Gasteiger partial charge on any atom is 0.231 e. The fourth-order valence-electron chi connectivity index (χ4n) is 3.73. The van der Waals surface area contributed by atoms with E-state index < -0.39 is 27.8 Å². The molecule has 10 nitrogen and oxygen atoms in total. The number of benzene rings is 1. The number of anilines is 3. The molecule has 0 unspecified atom stereocenters. The average Bonchev–Trinajstić information content (AvgIpc) is 3.14. The summed E-state index contributed by atoms with van der Waals surface area (Å²) in [5, 5.41) is 10.1. The molecular formula is C22H22FN7O3S. The van der Waals surface area contributed by atoms with Gasteiger partial charge in [-0.1, -0.05) is 6.07 Å². The van der Waals surface area contributed by atoms with Crippen molar-refractivity contribution >= 4 is 44.1 Å². The van der Waals surface area contributed by atoms with E-state index in [2.05, 4.69) is 30.7 Å². The number of alkyl halides is 1. The van der Waals surface area contributed by atoms with Crippen LogP contribution in [0.2, 0.25) is 0 Å². The first-order chi connectivity index (χ1) is 16.1. The number of sulfone groups is 1. The number of nitrogens with zero attached hydrogens (tertiary/aromatic N) is 4. The van der Waals surface area contributed by atoms with Crippen molar-refractivity contribution < 1.29 is 17.6 Å². The van der Waals surface area contributed by atoms with Crippen molar-refractivity contribution in [1.29, 1.82) is 0 Å². The van der Waals surface area contributed by atoms with E-state index >= 15 is 0 Å². The Morgan fingerprint density at radius 3 is 2.62 bits per heavy atom. The van der Waals surface area contributed by atoms with Crippen LogP contribution in [0, 0.1) is 12.8 Å². The molecular weight excluding hydrogens is 461 g/mol. The van der Waals surface area contributed by atoms with Gasteiger partial charge in [0.25, 0.3) is 0 Å². The maximum absolute atomic E-state index is 13.3. The summed E-state index contributed by atoms with van der Waals surface area (Å²) in [5.74, 6) is -0.325. The molecule has 12 heteroatoms. The molecule has 3 N–H and O–H groups in total. The molecule has 1 fully saturated rings. The van der Waals surface area contributed by atoms with Gasteiger partial charge in [0.1, 0.15) is 23.3 Å². The van der Waals surface area contributed by atoms with Crippen LogP contribution in [-0.2, 0) is 21.7 Å². The Balaban J connectivity index is 1.56. The zero-order valence-electron chi connectivity index (χ0n) is 18.6. The van der Waals surface area contributed by atoms with Crippen molar-refractivity contribution in [3.63, 3.8) is 0 Å². The number of carbonyl (C=O) groups is 1. The van der Waals surface area contributed by atoms with E-state index in [0.29, 0.717) is 39.6 Å². The summed E-state index contributed by atoms with van der Waals surface area (Å²) >= 11 is 0. The van der Waals surface area contributed by atoms with Gasteiger partial charge in [-0.3, -0.25) is 9.48 Å². The Bertz CT molecular complexity index is 1540. The molecule has 176 valence electrons. The van der Waals surface area contributed by atoms with Gasteiger partial charge >= 0.3 is 0 Å². The molecule has 1 aliphatic carbocycles. The molecule has 3 heterocycles. The highest BCUT2D eigenvalue weighted by molar-refractivity contribution is 7.90. The van der Waals surface area contributed by atoms with Crippen molar-refractivity contribution in [1.82, 2.24) is 24.7 Å². The first-order valence-corrected chi connectivity index (χ1v) is 12.4. The summed E-state index contributed by atoms with van der Waals surface area (Å²) in [5.41, 5.74) is 2.94. The quantitative estimate of drug-likeness (QED) is 0.383. The van der Waals surface area contributed by atoms with Gasteiger partial charge in [0.2, 0.25) is 5.91 Å². The lowest BCUT2D eigenvalue weighted by Gasteiger charge is -2.14. The Labute approximate surface area is 194 Å². The third-order valence-corrected chi connectivity index (χ3v) is 6.67. The van der Waals surface area contributed by atoms with Crippen LogP contribution < -0.4 is 10.6 Å². The van der Waals surface area contributed by atoms with E-state index in [-0.39, 0.29) is 17.1 Å². The predicted molar refractivity (Wildman–Crippen MR) is 125 cm³/mol. The summed E-state index contributed by atoms with van der Waals surface area (Å²) < 4.78 is 40.2. The van der Waals surface area contributed by atoms with Crippen molar-refractivity contribution in [2.24, 2.45) is 13.0 Å². The van der Waals surface area contributed by atoms with Gasteiger partial charge < -0.3 is 15.6 Å². The first kappa shape index (κ1) is 22.0. The van der Waals surface area contributed by atoms with Crippen LogP contribution in [-0.4, -0.2) is 51.5 Å². The van der Waals surface area contributed by atoms with E-state index in [0.717, 1.165) is 6.26 Å². The van der Waals surface area contributed by atoms with E-state index in [4.69, 9.17) is 0 Å². The van der Waals surface area contributed by atoms with Gasteiger partial charge in [0, 0.05) is 31.1 Å². The molecule has 2 atom stereocenters. The molecule has 0 bridgehead atoms. The highest BCUT2D eigenvalue weighted by Crippen LogP contribution is 2.36. The number of rotatable bonds is 6. The molecule has 1 saturated carbocycles. The zero-order chi connectivity index (χ0) is 24.2. The second-order valence-electron chi connectivity index (χ2n) is 8.40. The summed E-state index contributed by atoms with van der Waals surface area (Å²) in [6.07, 6.45) is 1.97. The Morgan fingerprint density at radius 1 is 1.21 bits per heavy atom. The summed E-state index contributed by atoms with van der Waals surface area (Å²) in [6, 6.07) is 8.33. The number of hydrogen-bond acceptors (Lipinski definition) is 7. The number of aryl methyl sites for hydroxylation is 2. The molecule has 4 aromatic rings. The number of aromatic nitrogens is 5. The number of pyridine rings is 1. The summed E-state index contributed by atoms with van der Waals surface area (Å²) in [7, 11) is -1.83. The lowest BCUT2D eigenvalue weighted by Crippen LogP contribution is -2.16. The summed E-state index contributed by atoms with van der Waals surface area (Å²) in [6.45, 7) is 1.76. The number of aromatic amines is 1. The van der Waals surface area contributed by atoms with E-state index in [1.165, 1.54) is 0 Å². The number of amides is 1. The normalized spacial score (nSPS) is 17.6. The second-order valence-corrected chi connectivity index (χ2v) is 10.4. The van der Waals surface area contributed by atoms with Crippen molar-refractivity contribution in [3.8, 4) is 11.3 Å². The Morgan fingerprint density at radius 2 is 1.97 bits per heavy atom. The van der Waals surface area contributed by atoms with Crippen LogP contribution in [0.5, 0.6) is 0 Å². The molecule has 0 radical (unpaired) electrons. The third-order valence-electron chi connectivity index (χ3n) is 5.53. The highest BCUT2D eigenvalue weighted by atomic mass is 32.2. The Hall–Kier alpha value is -3.80. The molecule has 1 aromatic carbocycles. The smallest absolute Gasteiger partial charge is 0.231 e. The van der Waals surface area contributed by atoms with Gasteiger partial charge in [-0.05, 0) is 31.5 Å². The summed E-state index contributed by atoms with van der Waals surface area (Å²) in [4.78, 5) is 24.1. The van der Waals surface area contributed by atoms with Crippen LogP contribution in [0.15, 0.2) is 41.4 Å². The van der Waals surface area contributed by atoms with Gasteiger partial charge in [-0.15, -0.1) is 0 Å². The minimum absolute atomic E-state index is 0.0803. The topological polar surface area (TPSA) is 135 Å². The molecule has 34 heavy (non-hydrogen) atoms.